The molecule has 7 heteroatoms. The monoisotopic (exact) mass is 280 g/mol. The highest BCUT2D eigenvalue weighted by molar-refractivity contribution is 5.79. The number of urea groups is 1. The lowest BCUT2D eigenvalue weighted by Gasteiger charge is -2.27. The molecule has 1 fully saturated rings. The molecule has 7 nitrogen and oxygen atoms in total. The Balaban J connectivity index is 1.78. The van der Waals surface area contributed by atoms with Crippen molar-refractivity contribution in [2.45, 2.75) is 38.6 Å². The van der Waals surface area contributed by atoms with Gasteiger partial charge in [-0.05, 0) is 19.8 Å². The molecule has 1 aliphatic carbocycles. The van der Waals surface area contributed by atoms with Crippen molar-refractivity contribution >= 4 is 12.0 Å². The lowest BCUT2D eigenvalue weighted by Crippen LogP contribution is -2.50. The van der Waals surface area contributed by atoms with E-state index in [4.69, 9.17) is 0 Å². The van der Waals surface area contributed by atoms with Gasteiger partial charge >= 0.3 is 12.0 Å². The standard InChI is InChI=1S/C13H20N4O3/c1-13(11(18)19)5-2-3-9(13)17-12(20)16-6-4-10-14-7-8-15-10/h7-9H,2-6H2,1H3,(H,14,15)(H,18,19)(H2,16,17,20). The highest BCUT2D eigenvalue weighted by Crippen LogP contribution is 2.38. The highest BCUT2D eigenvalue weighted by atomic mass is 16.4. The van der Waals surface area contributed by atoms with Gasteiger partial charge in [-0.25, -0.2) is 9.78 Å². The van der Waals surface area contributed by atoms with Crippen molar-refractivity contribution < 1.29 is 14.7 Å². The molecule has 0 aromatic carbocycles. The van der Waals surface area contributed by atoms with Crippen LogP contribution in [0.25, 0.3) is 0 Å². The number of aromatic amines is 1. The van der Waals surface area contributed by atoms with Gasteiger partial charge in [-0.2, -0.15) is 0 Å². The first-order valence-electron chi connectivity index (χ1n) is 6.78. The smallest absolute Gasteiger partial charge is 0.315 e. The summed E-state index contributed by atoms with van der Waals surface area (Å²) in [6, 6.07) is -0.639. The Bertz CT molecular complexity index is 474. The molecular formula is C13H20N4O3. The van der Waals surface area contributed by atoms with Crippen molar-refractivity contribution in [2.24, 2.45) is 5.41 Å². The molecule has 0 spiro atoms. The third kappa shape index (κ3) is 3.09. The molecule has 1 heterocycles. The molecule has 2 atom stereocenters. The van der Waals surface area contributed by atoms with Crippen LogP contribution < -0.4 is 10.6 Å². The number of carboxylic acids is 1. The SMILES string of the molecule is CC1(C(=O)O)CCCC1NC(=O)NCCc1ncc[nH]1. The summed E-state index contributed by atoms with van der Waals surface area (Å²) in [5.41, 5.74) is -0.863. The quantitative estimate of drug-likeness (QED) is 0.642. The van der Waals surface area contributed by atoms with Crippen molar-refractivity contribution in [3.8, 4) is 0 Å². The number of imidazole rings is 1. The Kier molecular flexibility index (Phi) is 4.26. The number of nitrogens with one attached hydrogen (secondary N) is 3. The second-order valence-electron chi connectivity index (χ2n) is 5.35. The van der Waals surface area contributed by atoms with E-state index in [2.05, 4.69) is 20.6 Å². The van der Waals surface area contributed by atoms with E-state index in [0.29, 0.717) is 25.8 Å². The predicted molar refractivity (Wildman–Crippen MR) is 72.2 cm³/mol. The van der Waals surface area contributed by atoms with Crippen molar-refractivity contribution in [1.82, 2.24) is 20.6 Å². The number of carbonyl (C=O) groups is 2. The number of amides is 2. The molecule has 0 radical (unpaired) electrons. The number of aromatic nitrogens is 2. The second kappa shape index (κ2) is 5.94. The van der Waals surface area contributed by atoms with Gasteiger partial charge in [-0.1, -0.05) is 6.42 Å². The molecule has 1 aliphatic rings. The third-order valence-electron chi connectivity index (χ3n) is 3.95. The van der Waals surface area contributed by atoms with E-state index in [0.717, 1.165) is 12.2 Å². The lowest BCUT2D eigenvalue weighted by atomic mass is 9.85. The number of rotatable bonds is 5. The van der Waals surface area contributed by atoms with Crippen molar-refractivity contribution in [1.29, 1.82) is 0 Å². The van der Waals surface area contributed by atoms with E-state index in [9.17, 15) is 14.7 Å². The minimum absolute atomic E-state index is 0.316. The molecule has 0 aliphatic heterocycles. The molecule has 1 aromatic rings. The molecule has 110 valence electrons. The maximum Gasteiger partial charge on any atom is 0.315 e. The van der Waals surface area contributed by atoms with Gasteiger partial charge < -0.3 is 20.7 Å². The van der Waals surface area contributed by atoms with Crippen molar-refractivity contribution in [3.63, 3.8) is 0 Å². The van der Waals surface area contributed by atoms with Gasteiger partial charge in [0.25, 0.3) is 0 Å². The van der Waals surface area contributed by atoms with E-state index >= 15 is 0 Å². The zero-order valence-corrected chi connectivity index (χ0v) is 11.5. The van der Waals surface area contributed by atoms with Gasteiger partial charge in [0.15, 0.2) is 0 Å². The van der Waals surface area contributed by atoms with Crippen LogP contribution in [0.2, 0.25) is 0 Å². The molecule has 4 N–H and O–H groups in total. The largest absolute Gasteiger partial charge is 0.481 e. The molecule has 20 heavy (non-hydrogen) atoms. The first-order chi connectivity index (χ1) is 9.52. The number of carbonyl (C=O) groups excluding carboxylic acids is 1. The van der Waals surface area contributed by atoms with Gasteiger partial charge in [0.05, 0.1) is 5.41 Å². The van der Waals surface area contributed by atoms with Crippen LogP contribution in [0.4, 0.5) is 4.79 Å². The topological polar surface area (TPSA) is 107 Å². The fourth-order valence-corrected chi connectivity index (χ4v) is 2.59. The summed E-state index contributed by atoms with van der Waals surface area (Å²) in [6.45, 7) is 2.14. The summed E-state index contributed by atoms with van der Waals surface area (Å²) in [4.78, 5) is 30.1. The van der Waals surface area contributed by atoms with Crippen LogP contribution >= 0.6 is 0 Å². The Morgan fingerprint density at radius 2 is 2.40 bits per heavy atom. The molecule has 2 amide bonds. The Morgan fingerprint density at radius 1 is 1.60 bits per heavy atom. The van der Waals surface area contributed by atoms with Gasteiger partial charge in [0.1, 0.15) is 5.82 Å². The van der Waals surface area contributed by atoms with E-state index in [-0.39, 0.29) is 12.1 Å². The normalized spacial score (nSPS) is 25.4. The Labute approximate surface area is 117 Å². The van der Waals surface area contributed by atoms with E-state index in [1.54, 1.807) is 19.3 Å². The average Bonchev–Trinajstić information content (AvgIpc) is 3.01. The van der Waals surface area contributed by atoms with Crippen LogP contribution in [0.3, 0.4) is 0 Å². The molecule has 1 aromatic heterocycles. The minimum atomic E-state index is -0.863. The molecule has 1 saturated carbocycles. The van der Waals surface area contributed by atoms with Crippen LogP contribution in [0.15, 0.2) is 12.4 Å². The molecular weight excluding hydrogens is 260 g/mol. The molecule has 2 rings (SSSR count). The molecule has 2 unspecified atom stereocenters. The first kappa shape index (κ1) is 14.4. The number of aliphatic carboxylic acids is 1. The molecule has 0 bridgehead atoms. The Hall–Kier alpha value is -2.05. The highest BCUT2D eigenvalue weighted by Gasteiger charge is 2.45. The van der Waals surface area contributed by atoms with Gasteiger partial charge in [0.2, 0.25) is 0 Å². The van der Waals surface area contributed by atoms with Crippen LogP contribution in [0, 0.1) is 5.41 Å². The van der Waals surface area contributed by atoms with Crippen LogP contribution in [-0.2, 0) is 11.2 Å². The fourth-order valence-electron chi connectivity index (χ4n) is 2.59. The fraction of sp³-hybridized carbons (Fsp3) is 0.615. The second-order valence-corrected chi connectivity index (χ2v) is 5.35. The van der Waals surface area contributed by atoms with Crippen LogP contribution in [-0.4, -0.2) is 39.7 Å². The zero-order chi connectivity index (χ0) is 14.6. The van der Waals surface area contributed by atoms with Crippen LogP contribution in [0.1, 0.15) is 32.0 Å². The summed E-state index contributed by atoms with van der Waals surface area (Å²) in [6.07, 6.45) is 6.12. The number of hydrogen-bond acceptors (Lipinski definition) is 3. The molecule has 0 saturated heterocycles. The van der Waals surface area contributed by atoms with E-state index in [1.165, 1.54) is 0 Å². The predicted octanol–water partition coefficient (Wildman–Crippen LogP) is 0.895. The van der Waals surface area contributed by atoms with Crippen molar-refractivity contribution in [2.75, 3.05) is 6.54 Å². The van der Waals surface area contributed by atoms with Gasteiger partial charge in [0, 0.05) is 31.4 Å². The first-order valence-corrected chi connectivity index (χ1v) is 6.78. The number of nitrogens with zero attached hydrogens (tertiary/aromatic N) is 1. The summed E-state index contributed by atoms with van der Waals surface area (Å²) in [7, 11) is 0. The maximum atomic E-state index is 11.8. The van der Waals surface area contributed by atoms with E-state index < -0.39 is 11.4 Å². The summed E-state index contributed by atoms with van der Waals surface area (Å²) in [5, 5.41) is 14.8. The van der Waals surface area contributed by atoms with Gasteiger partial charge in [-0.15, -0.1) is 0 Å². The maximum absolute atomic E-state index is 11.8. The Morgan fingerprint density at radius 3 is 3.05 bits per heavy atom. The number of carboxylic acid groups (broad SMARTS) is 1. The lowest BCUT2D eigenvalue weighted by molar-refractivity contribution is -0.148. The van der Waals surface area contributed by atoms with E-state index in [1.807, 2.05) is 0 Å². The summed E-state index contributed by atoms with van der Waals surface area (Å²) >= 11 is 0. The average molecular weight is 280 g/mol. The zero-order valence-electron chi connectivity index (χ0n) is 11.5. The van der Waals surface area contributed by atoms with Gasteiger partial charge in [-0.3, -0.25) is 4.79 Å². The summed E-state index contributed by atoms with van der Waals surface area (Å²) in [5.74, 6) is -0.0440. The van der Waals surface area contributed by atoms with Crippen LogP contribution in [0.5, 0.6) is 0 Å². The third-order valence-corrected chi connectivity index (χ3v) is 3.95. The van der Waals surface area contributed by atoms with Crippen molar-refractivity contribution in [3.05, 3.63) is 18.2 Å². The minimum Gasteiger partial charge on any atom is -0.481 e. The summed E-state index contributed by atoms with van der Waals surface area (Å²) < 4.78 is 0. The number of hydrogen-bond donors (Lipinski definition) is 4. The number of H-pyrrole nitrogens is 1.